The molecule has 0 N–H and O–H groups in total. The molecule has 1 aromatic rings. The fourth-order valence-corrected chi connectivity index (χ4v) is 3.98. The lowest BCUT2D eigenvalue weighted by atomic mass is 9.67. The highest BCUT2D eigenvalue weighted by molar-refractivity contribution is 6.52. The number of halogens is 4. The van der Waals surface area contributed by atoms with Crippen molar-refractivity contribution in [3.63, 3.8) is 0 Å². The molecule has 0 fully saturated rings. The summed E-state index contributed by atoms with van der Waals surface area (Å²) in [5.41, 5.74) is 0.0730. The minimum atomic E-state index is -1.20. The van der Waals surface area contributed by atoms with E-state index in [9.17, 15) is 4.79 Å². The molecule has 0 saturated heterocycles. The van der Waals surface area contributed by atoms with Gasteiger partial charge in [-0.3, -0.25) is 4.79 Å². The van der Waals surface area contributed by atoms with Crippen molar-refractivity contribution in [3.05, 3.63) is 43.4 Å². The molecule has 0 heterocycles. The third-order valence-electron chi connectivity index (χ3n) is 3.75. The Bertz CT molecular complexity index is 638. The number of methoxy groups -OCH3 is 1. The van der Waals surface area contributed by atoms with Crippen LogP contribution < -0.4 is 0 Å². The van der Waals surface area contributed by atoms with E-state index < -0.39 is 5.60 Å². The topological polar surface area (TPSA) is 26.3 Å². The van der Waals surface area contributed by atoms with Crippen LogP contribution in [0.3, 0.4) is 0 Å². The number of ketones is 1. The number of hydrogen-bond acceptors (Lipinski definition) is 2. The third-order valence-corrected chi connectivity index (χ3v) is 5.57. The molecule has 0 amide bonds. The van der Waals surface area contributed by atoms with Crippen LogP contribution in [0.4, 0.5) is 0 Å². The molecule has 0 saturated carbocycles. The average Bonchev–Trinajstić information content (AvgIpc) is 2.42. The molecular weight excluding hydrogens is 330 g/mol. The Labute approximate surface area is 130 Å². The van der Waals surface area contributed by atoms with E-state index in [1.807, 2.05) is 6.08 Å². The van der Waals surface area contributed by atoms with Gasteiger partial charge in [0.05, 0.1) is 20.1 Å². The van der Waals surface area contributed by atoms with Crippen LogP contribution in [-0.4, -0.2) is 12.9 Å². The van der Waals surface area contributed by atoms with Crippen LogP contribution in [0.1, 0.15) is 23.5 Å². The smallest absolute Gasteiger partial charge is 0.174 e. The van der Waals surface area contributed by atoms with Crippen molar-refractivity contribution in [1.29, 1.82) is 0 Å². The molecule has 2 bridgehead atoms. The summed E-state index contributed by atoms with van der Waals surface area (Å²) in [7, 11) is 1.46. The van der Waals surface area contributed by atoms with Gasteiger partial charge in [-0.05, 0) is 11.6 Å². The molecule has 6 heteroatoms. The molecule has 0 radical (unpaired) electrons. The van der Waals surface area contributed by atoms with Crippen molar-refractivity contribution in [2.45, 2.75) is 17.9 Å². The zero-order valence-corrected chi connectivity index (χ0v) is 12.8. The van der Waals surface area contributed by atoms with Gasteiger partial charge in [-0.2, -0.15) is 0 Å². The first-order chi connectivity index (χ1) is 8.94. The number of carbonyl (C=O) groups is 1. The first-order valence-corrected chi connectivity index (χ1v) is 7.09. The lowest BCUT2D eigenvalue weighted by Crippen LogP contribution is -2.44. The SMILES string of the molecule is CO[C@@]12C=C[C@@H](CC1=O)c1c(Cl)c(Cl)c(Cl)c(Cl)c12. The first kappa shape index (κ1) is 13.7. The molecule has 0 unspecified atom stereocenters. The van der Waals surface area contributed by atoms with E-state index in [4.69, 9.17) is 51.1 Å². The second-order valence-electron chi connectivity index (χ2n) is 4.58. The van der Waals surface area contributed by atoms with Crippen molar-refractivity contribution in [2.24, 2.45) is 0 Å². The van der Waals surface area contributed by atoms with E-state index in [1.165, 1.54) is 7.11 Å². The van der Waals surface area contributed by atoms with Gasteiger partial charge >= 0.3 is 0 Å². The van der Waals surface area contributed by atoms with Gasteiger partial charge in [-0.1, -0.05) is 52.5 Å². The van der Waals surface area contributed by atoms with Crippen molar-refractivity contribution >= 4 is 52.2 Å². The van der Waals surface area contributed by atoms with E-state index in [0.717, 1.165) is 5.56 Å². The molecule has 19 heavy (non-hydrogen) atoms. The molecule has 2 nitrogen and oxygen atoms in total. The Kier molecular flexibility index (Phi) is 3.16. The lowest BCUT2D eigenvalue weighted by molar-refractivity contribution is -0.139. The van der Waals surface area contributed by atoms with Crippen LogP contribution in [0.5, 0.6) is 0 Å². The lowest BCUT2D eigenvalue weighted by Gasteiger charge is -2.42. The maximum atomic E-state index is 12.3. The highest BCUT2D eigenvalue weighted by Gasteiger charge is 2.51. The molecular formula is C13H8Cl4O2. The maximum absolute atomic E-state index is 12.3. The highest BCUT2D eigenvalue weighted by Crippen LogP contribution is 2.56. The number of fused-ring (bicyclic) bond motifs is 1. The van der Waals surface area contributed by atoms with Crippen LogP contribution in [0, 0.1) is 0 Å². The van der Waals surface area contributed by atoms with Gasteiger partial charge < -0.3 is 4.74 Å². The van der Waals surface area contributed by atoms with Crippen LogP contribution in [0.25, 0.3) is 0 Å². The van der Waals surface area contributed by atoms with Crippen LogP contribution in [0.2, 0.25) is 20.1 Å². The van der Waals surface area contributed by atoms with Crippen LogP contribution in [0.15, 0.2) is 12.2 Å². The predicted octanol–water partition coefficient (Wildman–Crippen LogP) is 4.77. The summed E-state index contributed by atoms with van der Waals surface area (Å²) in [5, 5.41) is 0.939. The summed E-state index contributed by atoms with van der Waals surface area (Å²) in [4.78, 5) is 12.3. The highest BCUT2D eigenvalue weighted by atomic mass is 35.5. The number of hydrogen-bond donors (Lipinski definition) is 0. The van der Waals surface area contributed by atoms with E-state index >= 15 is 0 Å². The van der Waals surface area contributed by atoms with Gasteiger partial charge in [0.1, 0.15) is 0 Å². The van der Waals surface area contributed by atoms with Crippen molar-refractivity contribution in [2.75, 3.05) is 7.11 Å². The van der Waals surface area contributed by atoms with Gasteiger partial charge in [0.15, 0.2) is 11.4 Å². The molecule has 0 aromatic heterocycles. The summed E-state index contributed by atoms with van der Waals surface area (Å²) in [6, 6.07) is 0. The molecule has 3 aliphatic rings. The van der Waals surface area contributed by atoms with Gasteiger partial charge in [-0.15, -0.1) is 0 Å². The minimum absolute atomic E-state index is 0.0497. The standard InChI is InChI=1S/C13H8Cl4O2/c1-19-13-3-2-5(4-6(13)18)7-8(13)10(15)12(17)11(16)9(7)14/h2-3,5H,4H2,1H3/t5-,13-/m0/s1. The average molecular weight is 338 g/mol. The van der Waals surface area contributed by atoms with E-state index in [-0.39, 0.29) is 26.8 Å². The Hall–Kier alpha value is -0.250. The van der Waals surface area contributed by atoms with Crippen molar-refractivity contribution in [3.8, 4) is 0 Å². The normalized spacial score (nSPS) is 27.8. The van der Waals surface area contributed by atoms with Gasteiger partial charge in [0, 0.05) is 25.0 Å². The van der Waals surface area contributed by atoms with Gasteiger partial charge in [-0.25, -0.2) is 0 Å². The Morgan fingerprint density at radius 1 is 1.16 bits per heavy atom. The molecule has 1 aromatic carbocycles. The number of carbonyl (C=O) groups excluding carboxylic acids is 1. The summed E-state index contributed by atoms with van der Waals surface area (Å²) in [6.07, 6.45) is 3.95. The predicted molar refractivity (Wildman–Crippen MR) is 76.7 cm³/mol. The first-order valence-electron chi connectivity index (χ1n) is 5.58. The fourth-order valence-electron chi connectivity index (χ4n) is 2.83. The zero-order valence-electron chi connectivity index (χ0n) is 9.77. The van der Waals surface area contributed by atoms with Gasteiger partial charge in [0.25, 0.3) is 0 Å². The molecule has 100 valence electrons. The Morgan fingerprint density at radius 3 is 2.37 bits per heavy atom. The van der Waals surface area contributed by atoms with Gasteiger partial charge in [0.2, 0.25) is 0 Å². The second-order valence-corrected chi connectivity index (χ2v) is 6.09. The van der Waals surface area contributed by atoms with Crippen LogP contribution >= 0.6 is 46.4 Å². The molecule has 0 spiro atoms. The van der Waals surface area contributed by atoms with Crippen molar-refractivity contribution < 1.29 is 9.53 Å². The largest absolute Gasteiger partial charge is 0.362 e. The molecule has 0 aliphatic heterocycles. The second kappa shape index (κ2) is 4.37. The van der Waals surface area contributed by atoms with Crippen LogP contribution in [-0.2, 0) is 15.1 Å². The van der Waals surface area contributed by atoms with Crippen molar-refractivity contribution in [1.82, 2.24) is 0 Å². The van der Waals surface area contributed by atoms with E-state index in [0.29, 0.717) is 17.0 Å². The Morgan fingerprint density at radius 2 is 1.79 bits per heavy atom. The molecule has 2 atom stereocenters. The summed E-state index contributed by atoms with van der Waals surface area (Å²) < 4.78 is 5.45. The Balaban J connectivity index is 2.45. The number of benzene rings is 1. The minimum Gasteiger partial charge on any atom is -0.362 e. The molecule has 4 rings (SSSR count). The monoisotopic (exact) mass is 336 g/mol. The third kappa shape index (κ3) is 1.58. The maximum Gasteiger partial charge on any atom is 0.174 e. The van der Waals surface area contributed by atoms with E-state index in [1.54, 1.807) is 6.08 Å². The number of Topliss-reactive ketones (excluding diaryl/α,β-unsaturated/α-hetero) is 1. The fraction of sp³-hybridized carbons (Fsp3) is 0.308. The van der Waals surface area contributed by atoms with E-state index in [2.05, 4.69) is 0 Å². The summed E-state index contributed by atoms with van der Waals surface area (Å²) >= 11 is 24.7. The number of rotatable bonds is 1. The zero-order chi connectivity index (χ0) is 13.9. The molecule has 3 aliphatic carbocycles. The number of allylic oxidation sites excluding steroid dienone is 1. The number of ether oxygens (including phenoxy) is 1. The summed E-state index contributed by atoms with van der Waals surface area (Å²) in [5.74, 6) is -0.175. The quantitative estimate of drug-likeness (QED) is 0.419. The summed E-state index contributed by atoms with van der Waals surface area (Å²) in [6.45, 7) is 0.